The summed E-state index contributed by atoms with van der Waals surface area (Å²) in [5.41, 5.74) is 4.65. The van der Waals surface area contributed by atoms with Gasteiger partial charge in [-0.1, -0.05) is 0 Å². The lowest BCUT2D eigenvalue weighted by Gasteiger charge is -2.45. The minimum absolute atomic E-state index is 0.0956. The molecule has 0 aromatic rings. The van der Waals surface area contributed by atoms with Crippen LogP contribution in [0.4, 0.5) is 0 Å². The van der Waals surface area contributed by atoms with Crippen LogP contribution in [0, 0.1) is 0 Å². The average Bonchev–Trinajstić information content (AvgIpc) is 2.27. The van der Waals surface area contributed by atoms with Crippen molar-refractivity contribution in [3.8, 4) is 0 Å². The van der Waals surface area contributed by atoms with Gasteiger partial charge in [-0.25, -0.2) is 4.79 Å². The van der Waals surface area contributed by atoms with Gasteiger partial charge in [0.05, 0.1) is 0 Å². The minimum Gasteiger partial charge on any atom is -0.480 e. The molecule has 1 heterocycles. The summed E-state index contributed by atoms with van der Waals surface area (Å²) in [6.07, 6.45) is 5.38. The molecule has 0 aromatic heterocycles. The van der Waals surface area contributed by atoms with Crippen molar-refractivity contribution in [2.24, 2.45) is 5.73 Å². The van der Waals surface area contributed by atoms with Crippen LogP contribution < -0.4 is 5.73 Å². The molecule has 1 unspecified atom stereocenters. The average molecular weight is 254 g/mol. The number of nitrogens with two attached hydrogens (primary N) is 1. The zero-order valence-corrected chi connectivity index (χ0v) is 10.9. The third-order valence-electron chi connectivity index (χ3n) is 4.51. The molecular weight excluding hydrogens is 232 g/mol. The summed E-state index contributed by atoms with van der Waals surface area (Å²) in [5.74, 6) is -1.00. The smallest absolute Gasteiger partial charge is 0.329 e. The first-order valence-electron chi connectivity index (χ1n) is 6.70. The molecule has 1 aliphatic carbocycles. The molecule has 18 heavy (non-hydrogen) atoms. The van der Waals surface area contributed by atoms with Gasteiger partial charge >= 0.3 is 5.97 Å². The molecule has 102 valence electrons. The molecule has 5 heteroatoms. The maximum absolute atomic E-state index is 12.3. The standard InChI is InChI=1S/C13H22N2O3/c1-12(11(17)18)5-2-3-8-15(12)10(16)9-13(14)6-4-7-13/h2-9,14H2,1H3,(H,17,18). The molecule has 1 aliphatic heterocycles. The lowest BCUT2D eigenvalue weighted by molar-refractivity contribution is -0.161. The molecule has 1 saturated heterocycles. The molecular formula is C13H22N2O3. The fourth-order valence-electron chi connectivity index (χ4n) is 2.95. The van der Waals surface area contributed by atoms with E-state index < -0.39 is 11.5 Å². The van der Waals surface area contributed by atoms with Crippen molar-refractivity contribution in [1.82, 2.24) is 4.90 Å². The number of carboxylic acids is 1. The molecule has 2 aliphatic rings. The largest absolute Gasteiger partial charge is 0.480 e. The molecule has 0 radical (unpaired) electrons. The summed E-state index contributed by atoms with van der Waals surface area (Å²) in [6.45, 7) is 2.19. The third kappa shape index (κ3) is 2.23. The molecule has 3 N–H and O–H groups in total. The molecule has 1 atom stereocenters. The van der Waals surface area contributed by atoms with Gasteiger partial charge < -0.3 is 15.7 Å². The Kier molecular flexibility index (Phi) is 3.36. The Morgan fingerprint density at radius 3 is 2.39 bits per heavy atom. The Morgan fingerprint density at radius 1 is 1.22 bits per heavy atom. The number of hydrogen-bond acceptors (Lipinski definition) is 3. The molecule has 0 bridgehead atoms. The monoisotopic (exact) mass is 254 g/mol. The van der Waals surface area contributed by atoms with Crippen LogP contribution in [0.5, 0.6) is 0 Å². The Bertz CT molecular complexity index is 365. The number of amides is 1. The maximum atomic E-state index is 12.3. The Balaban J connectivity index is 2.09. The van der Waals surface area contributed by atoms with Crippen LogP contribution in [0.2, 0.25) is 0 Å². The van der Waals surface area contributed by atoms with Gasteiger partial charge in [0.2, 0.25) is 5.91 Å². The van der Waals surface area contributed by atoms with Crippen LogP contribution in [-0.4, -0.2) is 39.5 Å². The van der Waals surface area contributed by atoms with Crippen molar-refractivity contribution < 1.29 is 14.7 Å². The highest BCUT2D eigenvalue weighted by Crippen LogP contribution is 2.35. The SMILES string of the molecule is CC1(C(=O)O)CCCCN1C(=O)CC1(N)CCC1. The molecule has 1 saturated carbocycles. The first-order chi connectivity index (χ1) is 8.37. The zero-order valence-electron chi connectivity index (χ0n) is 10.9. The van der Waals surface area contributed by atoms with Crippen LogP contribution in [0.25, 0.3) is 0 Å². The highest BCUT2D eigenvalue weighted by Gasteiger charge is 2.46. The predicted molar refractivity (Wildman–Crippen MR) is 67.0 cm³/mol. The van der Waals surface area contributed by atoms with Gasteiger partial charge in [0, 0.05) is 18.5 Å². The van der Waals surface area contributed by atoms with E-state index in [0.717, 1.165) is 32.1 Å². The number of nitrogens with zero attached hydrogens (tertiary/aromatic N) is 1. The van der Waals surface area contributed by atoms with Crippen molar-refractivity contribution in [2.45, 2.75) is 62.9 Å². The normalized spacial score (nSPS) is 30.7. The van der Waals surface area contributed by atoms with Crippen LogP contribution in [0.1, 0.15) is 51.9 Å². The third-order valence-corrected chi connectivity index (χ3v) is 4.51. The van der Waals surface area contributed by atoms with Gasteiger partial charge in [-0.2, -0.15) is 0 Å². The highest BCUT2D eigenvalue weighted by molar-refractivity contribution is 5.87. The van der Waals surface area contributed by atoms with E-state index in [0.29, 0.717) is 13.0 Å². The lowest BCUT2D eigenvalue weighted by atomic mass is 9.74. The number of aliphatic carboxylic acids is 1. The van der Waals surface area contributed by atoms with Gasteiger partial charge in [0.1, 0.15) is 5.54 Å². The molecule has 0 aromatic carbocycles. The second-order valence-electron chi connectivity index (χ2n) is 5.97. The van der Waals surface area contributed by atoms with Crippen LogP contribution in [-0.2, 0) is 9.59 Å². The van der Waals surface area contributed by atoms with Gasteiger partial charge in [-0.15, -0.1) is 0 Å². The van der Waals surface area contributed by atoms with Crippen LogP contribution >= 0.6 is 0 Å². The van der Waals surface area contributed by atoms with E-state index in [-0.39, 0.29) is 17.9 Å². The second kappa shape index (κ2) is 4.53. The van der Waals surface area contributed by atoms with Crippen molar-refractivity contribution in [3.05, 3.63) is 0 Å². The Hall–Kier alpha value is -1.10. The number of carboxylic acid groups (broad SMARTS) is 1. The number of hydrogen-bond donors (Lipinski definition) is 2. The van der Waals surface area contributed by atoms with Gasteiger partial charge in [0.25, 0.3) is 0 Å². The Morgan fingerprint density at radius 2 is 1.89 bits per heavy atom. The predicted octanol–water partition coefficient (Wildman–Crippen LogP) is 1.11. The van der Waals surface area contributed by atoms with Crippen molar-refractivity contribution in [1.29, 1.82) is 0 Å². The van der Waals surface area contributed by atoms with Crippen molar-refractivity contribution in [2.75, 3.05) is 6.54 Å². The molecule has 2 fully saturated rings. The number of carbonyl (C=O) groups is 2. The van der Waals surface area contributed by atoms with Gasteiger partial charge in [-0.3, -0.25) is 4.79 Å². The van der Waals surface area contributed by atoms with Crippen LogP contribution in [0.3, 0.4) is 0 Å². The Labute approximate surface area is 107 Å². The number of likely N-dealkylation sites (tertiary alicyclic amines) is 1. The first-order valence-corrected chi connectivity index (χ1v) is 6.70. The van der Waals surface area contributed by atoms with E-state index in [2.05, 4.69) is 0 Å². The molecule has 0 spiro atoms. The minimum atomic E-state index is -1.05. The molecule has 5 nitrogen and oxygen atoms in total. The summed E-state index contributed by atoms with van der Waals surface area (Å²) in [6, 6.07) is 0. The summed E-state index contributed by atoms with van der Waals surface area (Å²) >= 11 is 0. The fraction of sp³-hybridized carbons (Fsp3) is 0.846. The van der Waals surface area contributed by atoms with Gasteiger partial charge in [-0.05, 0) is 45.4 Å². The summed E-state index contributed by atoms with van der Waals surface area (Å²) in [4.78, 5) is 25.3. The zero-order chi connectivity index (χ0) is 13.4. The van der Waals surface area contributed by atoms with E-state index in [1.54, 1.807) is 6.92 Å². The number of piperidine rings is 1. The number of rotatable bonds is 3. The van der Waals surface area contributed by atoms with E-state index in [1.807, 2.05) is 0 Å². The summed E-state index contributed by atoms with van der Waals surface area (Å²) < 4.78 is 0. The van der Waals surface area contributed by atoms with E-state index in [4.69, 9.17) is 5.73 Å². The summed E-state index contributed by atoms with van der Waals surface area (Å²) in [5, 5.41) is 9.36. The van der Waals surface area contributed by atoms with Gasteiger partial charge in [0.15, 0.2) is 0 Å². The van der Waals surface area contributed by atoms with E-state index >= 15 is 0 Å². The van der Waals surface area contributed by atoms with Crippen molar-refractivity contribution in [3.63, 3.8) is 0 Å². The second-order valence-corrected chi connectivity index (χ2v) is 5.97. The first kappa shape index (κ1) is 13.3. The topological polar surface area (TPSA) is 83.6 Å². The lowest BCUT2D eigenvalue weighted by Crippen LogP contribution is -2.60. The van der Waals surface area contributed by atoms with Crippen LogP contribution in [0.15, 0.2) is 0 Å². The quantitative estimate of drug-likeness (QED) is 0.790. The van der Waals surface area contributed by atoms with Crippen molar-refractivity contribution >= 4 is 11.9 Å². The maximum Gasteiger partial charge on any atom is 0.329 e. The number of carbonyl (C=O) groups excluding carboxylic acids is 1. The highest BCUT2D eigenvalue weighted by atomic mass is 16.4. The van der Waals surface area contributed by atoms with E-state index in [1.165, 1.54) is 4.90 Å². The fourth-order valence-corrected chi connectivity index (χ4v) is 2.95. The van der Waals surface area contributed by atoms with E-state index in [9.17, 15) is 14.7 Å². The molecule has 2 rings (SSSR count). The summed E-state index contributed by atoms with van der Waals surface area (Å²) in [7, 11) is 0. The molecule has 1 amide bonds.